The second-order valence-electron chi connectivity index (χ2n) is 4.47. The molecule has 3 aromatic rings. The molecule has 3 rings (SSSR count). The molecule has 23 heavy (non-hydrogen) atoms. The maximum atomic E-state index is 11.9. The van der Waals surface area contributed by atoms with E-state index in [0.717, 1.165) is 16.0 Å². The van der Waals surface area contributed by atoms with Crippen LogP contribution in [0.2, 0.25) is 0 Å². The summed E-state index contributed by atoms with van der Waals surface area (Å²) < 4.78 is 6.47. The second-order valence-corrected chi connectivity index (χ2v) is 6.85. The molecule has 2 N–H and O–H groups in total. The Morgan fingerprint density at radius 3 is 3.00 bits per heavy atom. The highest BCUT2D eigenvalue weighted by molar-refractivity contribution is 7.80. The van der Waals surface area contributed by atoms with Crippen LogP contribution in [-0.4, -0.2) is 22.6 Å². The summed E-state index contributed by atoms with van der Waals surface area (Å²) in [5, 5.41) is 8.29. The second kappa shape index (κ2) is 7.03. The predicted molar refractivity (Wildman–Crippen MR) is 98.8 cm³/mol. The first-order valence-corrected chi connectivity index (χ1v) is 8.95. The minimum absolute atomic E-state index is 0.225. The number of benzene rings is 1. The Kier molecular flexibility index (Phi) is 4.85. The maximum Gasteiger partial charge on any atom is 0.267 e. The number of aromatic nitrogens is 1. The van der Waals surface area contributed by atoms with E-state index < -0.39 is 0 Å². The van der Waals surface area contributed by atoms with Gasteiger partial charge < -0.3 is 10.1 Å². The van der Waals surface area contributed by atoms with Crippen LogP contribution in [0, 0.1) is 0 Å². The van der Waals surface area contributed by atoms with Gasteiger partial charge in [0.05, 0.1) is 21.7 Å². The lowest BCUT2D eigenvalue weighted by molar-refractivity contribution is 0.0981. The number of nitrogens with one attached hydrogen (secondary N) is 2. The molecular formula is C15H13N3O2S3. The molecular weight excluding hydrogens is 350 g/mol. The van der Waals surface area contributed by atoms with Gasteiger partial charge >= 0.3 is 0 Å². The Balaban J connectivity index is 1.68. The van der Waals surface area contributed by atoms with E-state index in [0.29, 0.717) is 16.6 Å². The Bertz CT molecular complexity index is 843. The molecule has 118 valence electrons. The molecule has 2 heterocycles. The number of hydrogen-bond acceptors (Lipinski definition) is 6. The van der Waals surface area contributed by atoms with Gasteiger partial charge in [0.2, 0.25) is 0 Å². The standard InChI is InChI=1S/C15H13N3O2S3/c1-2-20-9-5-6-10-12(8-9)23-15(16-10)18-14(21)17-13(19)11-4-3-7-22-11/h3-8H,2H2,1H3,(H2,16,17,18,19,21). The van der Waals surface area contributed by atoms with Gasteiger partial charge in [-0.25, -0.2) is 4.98 Å². The van der Waals surface area contributed by atoms with E-state index in [2.05, 4.69) is 15.6 Å². The lowest BCUT2D eigenvalue weighted by atomic mass is 10.3. The number of thiazole rings is 1. The number of rotatable bonds is 4. The monoisotopic (exact) mass is 363 g/mol. The van der Waals surface area contributed by atoms with Crippen LogP contribution < -0.4 is 15.4 Å². The minimum atomic E-state index is -0.225. The van der Waals surface area contributed by atoms with Crippen molar-refractivity contribution >= 4 is 61.3 Å². The summed E-state index contributed by atoms with van der Waals surface area (Å²) >= 11 is 7.98. The van der Waals surface area contributed by atoms with E-state index in [1.165, 1.54) is 22.7 Å². The molecule has 0 aliphatic rings. The first kappa shape index (κ1) is 15.9. The van der Waals surface area contributed by atoms with Crippen molar-refractivity contribution in [2.75, 3.05) is 11.9 Å². The van der Waals surface area contributed by atoms with Crippen molar-refractivity contribution in [2.45, 2.75) is 6.92 Å². The third-order valence-corrected chi connectivity index (χ3v) is 4.87. The van der Waals surface area contributed by atoms with Gasteiger partial charge in [0.25, 0.3) is 5.91 Å². The molecule has 0 atom stereocenters. The molecule has 0 spiro atoms. The number of anilines is 1. The number of thiophene rings is 1. The van der Waals surface area contributed by atoms with Crippen molar-refractivity contribution in [3.05, 3.63) is 40.6 Å². The van der Waals surface area contributed by atoms with Crippen LogP contribution in [0.5, 0.6) is 5.75 Å². The van der Waals surface area contributed by atoms with Gasteiger partial charge in [-0.1, -0.05) is 17.4 Å². The predicted octanol–water partition coefficient (Wildman–Crippen LogP) is 3.88. The van der Waals surface area contributed by atoms with Gasteiger partial charge in [-0.05, 0) is 48.8 Å². The van der Waals surface area contributed by atoms with E-state index in [-0.39, 0.29) is 11.0 Å². The Morgan fingerprint density at radius 2 is 2.26 bits per heavy atom. The highest BCUT2D eigenvalue weighted by Crippen LogP contribution is 2.29. The summed E-state index contributed by atoms with van der Waals surface area (Å²) in [6, 6.07) is 9.28. The smallest absolute Gasteiger partial charge is 0.267 e. The highest BCUT2D eigenvalue weighted by atomic mass is 32.1. The van der Waals surface area contributed by atoms with Crippen molar-refractivity contribution in [1.29, 1.82) is 0 Å². The molecule has 8 heteroatoms. The number of ether oxygens (including phenoxy) is 1. The quantitative estimate of drug-likeness (QED) is 0.689. The first-order chi connectivity index (χ1) is 11.2. The zero-order valence-electron chi connectivity index (χ0n) is 12.2. The summed E-state index contributed by atoms with van der Waals surface area (Å²) in [7, 11) is 0. The SMILES string of the molecule is CCOc1ccc2nc(NC(=S)NC(=O)c3cccs3)sc2c1. The fourth-order valence-electron chi connectivity index (χ4n) is 1.92. The topological polar surface area (TPSA) is 63.2 Å². The third-order valence-electron chi connectivity index (χ3n) is 2.86. The summed E-state index contributed by atoms with van der Waals surface area (Å²) in [5.41, 5.74) is 0.855. The van der Waals surface area contributed by atoms with Gasteiger partial charge in [-0.2, -0.15) is 0 Å². The van der Waals surface area contributed by atoms with E-state index in [9.17, 15) is 4.79 Å². The van der Waals surface area contributed by atoms with Crippen LogP contribution in [0.1, 0.15) is 16.6 Å². The molecule has 0 saturated heterocycles. The van der Waals surface area contributed by atoms with Crippen molar-refractivity contribution in [3.8, 4) is 5.75 Å². The largest absolute Gasteiger partial charge is 0.494 e. The van der Waals surface area contributed by atoms with Gasteiger partial charge in [-0.15, -0.1) is 11.3 Å². The number of carbonyl (C=O) groups excluding carboxylic acids is 1. The van der Waals surface area contributed by atoms with Crippen LogP contribution in [-0.2, 0) is 0 Å². The maximum absolute atomic E-state index is 11.9. The molecule has 0 aliphatic carbocycles. The van der Waals surface area contributed by atoms with E-state index in [4.69, 9.17) is 17.0 Å². The first-order valence-electron chi connectivity index (χ1n) is 6.85. The average molecular weight is 363 g/mol. The normalized spacial score (nSPS) is 10.5. The molecule has 1 aromatic carbocycles. The molecule has 0 aliphatic heterocycles. The molecule has 2 aromatic heterocycles. The van der Waals surface area contributed by atoms with Crippen molar-refractivity contribution in [1.82, 2.24) is 10.3 Å². The summed E-state index contributed by atoms with van der Waals surface area (Å²) in [6.07, 6.45) is 0. The molecule has 1 amide bonds. The van der Waals surface area contributed by atoms with E-state index in [1.807, 2.05) is 36.6 Å². The van der Waals surface area contributed by atoms with Crippen molar-refractivity contribution in [2.24, 2.45) is 0 Å². The van der Waals surface area contributed by atoms with E-state index >= 15 is 0 Å². The molecule has 5 nitrogen and oxygen atoms in total. The zero-order chi connectivity index (χ0) is 16.2. The van der Waals surface area contributed by atoms with Crippen molar-refractivity contribution in [3.63, 3.8) is 0 Å². The van der Waals surface area contributed by atoms with Crippen molar-refractivity contribution < 1.29 is 9.53 Å². The Morgan fingerprint density at radius 1 is 1.39 bits per heavy atom. The van der Waals surface area contributed by atoms with Gasteiger partial charge in [0, 0.05) is 0 Å². The Hall–Kier alpha value is -2.03. The number of thiocarbonyl (C=S) groups is 1. The molecule has 0 bridgehead atoms. The number of fused-ring (bicyclic) bond motifs is 1. The fraction of sp³-hybridized carbons (Fsp3) is 0.133. The minimum Gasteiger partial charge on any atom is -0.494 e. The molecule has 0 unspecified atom stereocenters. The lowest BCUT2D eigenvalue weighted by Gasteiger charge is -2.05. The summed E-state index contributed by atoms with van der Waals surface area (Å²) in [4.78, 5) is 17.0. The van der Waals surface area contributed by atoms with Crippen LogP contribution in [0.15, 0.2) is 35.7 Å². The number of carbonyl (C=O) groups is 1. The number of nitrogens with zero attached hydrogens (tertiary/aromatic N) is 1. The van der Waals surface area contributed by atoms with Crippen LogP contribution in [0.4, 0.5) is 5.13 Å². The molecule has 0 saturated carbocycles. The van der Waals surface area contributed by atoms with Crippen LogP contribution in [0.25, 0.3) is 10.2 Å². The van der Waals surface area contributed by atoms with Gasteiger partial charge in [-0.3, -0.25) is 10.1 Å². The molecule has 0 fully saturated rings. The third kappa shape index (κ3) is 3.84. The number of hydrogen-bond donors (Lipinski definition) is 2. The summed E-state index contributed by atoms with van der Waals surface area (Å²) in [5.74, 6) is 0.584. The average Bonchev–Trinajstić information content (AvgIpc) is 3.15. The summed E-state index contributed by atoms with van der Waals surface area (Å²) in [6.45, 7) is 2.56. The van der Waals surface area contributed by atoms with Gasteiger partial charge in [0.1, 0.15) is 5.75 Å². The highest BCUT2D eigenvalue weighted by Gasteiger charge is 2.11. The van der Waals surface area contributed by atoms with E-state index in [1.54, 1.807) is 6.07 Å². The number of amides is 1. The lowest BCUT2D eigenvalue weighted by Crippen LogP contribution is -2.33. The molecule has 0 radical (unpaired) electrons. The Labute approximate surface area is 146 Å². The van der Waals surface area contributed by atoms with Gasteiger partial charge in [0.15, 0.2) is 10.2 Å². The van der Waals surface area contributed by atoms with Crippen LogP contribution >= 0.6 is 34.9 Å². The fourth-order valence-corrected chi connectivity index (χ4v) is 3.69. The van der Waals surface area contributed by atoms with Crippen LogP contribution in [0.3, 0.4) is 0 Å². The zero-order valence-corrected chi connectivity index (χ0v) is 14.6.